The molecule has 30 heavy (non-hydrogen) atoms. The molecule has 10 heteroatoms. The molecule has 0 bridgehead atoms. The van der Waals surface area contributed by atoms with E-state index in [1.165, 1.54) is 0 Å². The van der Waals surface area contributed by atoms with Crippen molar-refractivity contribution >= 4 is 28.3 Å². The largest absolute Gasteiger partial charge is 0.470 e. The minimum absolute atomic E-state index is 0.0168. The van der Waals surface area contributed by atoms with Gasteiger partial charge in [0, 0.05) is 30.3 Å². The van der Waals surface area contributed by atoms with E-state index in [0.29, 0.717) is 28.5 Å². The zero-order valence-corrected chi connectivity index (χ0v) is 17.8. The summed E-state index contributed by atoms with van der Waals surface area (Å²) in [7, 11) is 1.54. The van der Waals surface area contributed by atoms with Crippen LogP contribution in [0.5, 0.6) is 5.88 Å². The number of azide groups is 1. The van der Waals surface area contributed by atoms with E-state index in [1.54, 1.807) is 32.5 Å². The average Bonchev–Trinajstić information content (AvgIpc) is 3.55. The van der Waals surface area contributed by atoms with Crippen LogP contribution in [0.3, 0.4) is 0 Å². The van der Waals surface area contributed by atoms with Gasteiger partial charge in [-0.25, -0.2) is 9.97 Å². The lowest BCUT2D eigenvalue weighted by atomic mass is 9.91. The maximum Gasteiger partial charge on any atom is 0.226 e. The number of pyridine rings is 2. The highest BCUT2D eigenvalue weighted by molar-refractivity contribution is 6.30. The van der Waals surface area contributed by atoms with Crippen LogP contribution in [0.25, 0.3) is 21.2 Å². The summed E-state index contributed by atoms with van der Waals surface area (Å²) in [6.07, 6.45) is 5.05. The number of nitrogens with zero attached hydrogens (tertiary/aromatic N) is 6. The fourth-order valence-electron chi connectivity index (χ4n) is 3.86. The lowest BCUT2D eigenvalue weighted by Gasteiger charge is -2.45. The highest BCUT2D eigenvalue weighted by atomic mass is 35.5. The summed E-state index contributed by atoms with van der Waals surface area (Å²) in [5.41, 5.74) is 8.75. The average molecular weight is 431 g/mol. The van der Waals surface area contributed by atoms with E-state index in [-0.39, 0.29) is 30.6 Å². The summed E-state index contributed by atoms with van der Waals surface area (Å²) < 4.78 is 11.4. The Kier molecular flexibility index (Phi) is 5.44. The molecule has 0 unspecified atom stereocenters. The molecular weight excluding hydrogens is 408 g/mol. The third-order valence-corrected chi connectivity index (χ3v) is 6.06. The molecule has 158 valence electrons. The van der Waals surface area contributed by atoms with Crippen molar-refractivity contribution in [2.24, 2.45) is 11.0 Å². The van der Waals surface area contributed by atoms with Crippen LogP contribution in [-0.2, 0) is 15.1 Å². The number of rotatable bonds is 7. The van der Waals surface area contributed by atoms with Crippen LogP contribution in [0.4, 0.5) is 0 Å². The highest BCUT2D eigenvalue weighted by Crippen LogP contribution is 2.38. The molecule has 3 atom stereocenters. The van der Waals surface area contributed by atoms with Gasteiger partial charge in [-0.15, -0.1) is 0 Å². The standard InChI is InChI=1S/C20H23ClN6O3/c1-11-16(9-27(11)19(28)12-4-5-12)30-18-14-7-23-17(21)6-13(14)15(8-24-18)20(2,10-29-3)25-26-22/h6-8,11-12,16H,4-5,9-10H2,1-3H3/t11-,16+,20+/m0/s1. The fourth-order valence-corrected chi connectivity index (χ4v) is 4.02. The van der Waals surface area contributed by atoms with Crippen molar-refractivity contribution in [2.75, 3.05) is 20.3 Å². The van der Waals surface area contributed by atoms with Gasteiger partial charge >= 0.3 is 0 Å². The number of halogens is 1. The number of amides is 1. The molecule has 1 saturated carbocycles. The summed E-state index contributed by atoms with van der Waals surface area (Å²) in [6.45, 7) is 4.47. The number of carbonyl (C=O) groups is 1. The van der Waals surface area contributed by atoms with Crippen molar-refractivity contribution < 1.29 is 14.3 Å². The Balaban J connectivity index is 1.66. The first-order valence-corrected chi connectivity index (χ1v) is 10.2. The van der Waals surface area contributed by atoms with Crippen molar-refractivity contribution in [3.8, 4) is 5.88 Å². The molecule has 0 N–H and O–H groups in total. The lowest BCUT2D eigenvalue weighted by molar-refractivity contribution is -0.148. The number of hydrogen-bond acceptors (Lipinski definition) is 6. The van der Waals surface area contributed by atoms with E-state index in [0.717, 1.165) is 18.2 Å². The van der Waals surface area contributed by atoms with E-state index < -0.39 is 5.54 Å². The number of fused-ring (bicyclic) bond motifs is 1. The van der Waals surface area contributed by atoms with E-state index >= 15 is 0 Å². The van der Waals surface area contributed by atoms with Gasteiger partial charge in [-0.2, -0.15) is 0 Å². The van der Waals surface area contributed by atoms with E-state index in [1.807, 2.05) is 11.8 Å². The van der Waals surface area contributed by atoms with Gasteiger partial charge in [0.25, 0.3) is 0 Å². The van der Waals surface area contributed by atoms with Crippen LogP contribution in [0.1, 0.15) is 32.3 Å². The molecule has 4 rings (SSSR count). The van der Waals surface area contributed by atoms with E-state index in [9.17, 15) is 4.79 Å². The van der Waals surface area contributed by atoms with Gasteiger partial charge < -0.3 is 14.4 Å². The Labute approximate surface area is 179 Å². The van der Waals surface area contributed by atoms with Crippen LogP contribution in [0.2, 0.25) is 5.15 Å². The fraction of sp³-hybridized carbons (Fsp3) is 0.550. The van der Waals surface area contributed by atoms with Gasteiger partial charge in [0.1, 0.15) is 11.3 Å². The molecule has 1 aliphatic carbocycles. The van der Waals surface area contributed by atoms with Gasteiger partial charge in [0.2, 0.25) is 11.8 Å². The summed E-state index contributed by atoms with van der Waals surface area (Å²) in [6, 6.07) is 1.69. The topological polar surface area (TPSA) is 113 Å². The summed E-state index contributed by atoms with van der Waals surface area (Å²) in [4.78, 5) is 25.8. The summed E-state index contributed by atoms with van der Waals surface area (Å²) in [5.74, 6) is 0.819. The molecule has 0 aromatic carbocycles. The Morgan fingerprint density at radius 2 is 2.17 bits per heavy atom. The molecule has 2 aromatic heterocycles. The number of likely N-dealkylation sites (tertiary alicyclic amines) is 1. The molecule has 2 fully saturated rings. The molecule has 1 amide bonds. The molecule has 0 spiro atoms. The van der Waals surface area contributed by atoms with E-state index in [4.69, 9.17) is 26.6 Å². The van der Waals surface area contributed by atoms with Crippen LogP contribution in [0.15, 0.2) is 23.6 Å². The second-order valence-corrected chi connectivity index (χ2v) is 8.47. The first-order valence-electron chi connectivity index (χ1n) is 9.85. The maximum atomic E-state index is 12.3. The quantitative estimate of drug-likeness (QED) is 0.286. The predicted octanol–water partition coefficient (Wildman–Crippen LogP) is 3.84. The summed E-state index contributed by atoms with van der Waals surface area (Å²) in [5, 5.41) is 5.64. The van der Waals surface area contributed by atoms with Crippen LogP contribution in [0, 0.1) is 5.92 Å². The van der Waals surface area contributed by atoms with Crippen molar-refractivity contribution in [1.82, 2.24) is 14.9 Å². The monoisotopic (exact) mass is 430 g/mol. The SMILES string of the molecule is COC[C@@](C)(N=[N+]=[N-])c1cnc(O[C@@H]2CN(C(=O)C3CC3)[C@H]2C)c2cnc(Cl)cc12. The lowest BCUT2D eigenvalue weighted by Crippen LogP contribution is -2.63. The predicted molar refractivity (Wildman–Crippen MR) is 111 cm³/mol. The van der Waals surface area contributed by atoms with Crippen molar-refractivity contribution in [1.29, 1.82) is 0 Å². The van der Waals surface area contributed by atoms with E-state index in [2.05, 4.69) is 20.0 Å². The number of carbonyl (C=O) groups excluding carboxylic acids is 1. The Morgan fingerprint density at radius 1 is 1.40 bits per heavy atom. The first-order chi connectivity index (χ1) is 14.4. The van der Waals surface area contributed by atoms with Crippen LogP contribution >= 0.6 is 11.6 Å². The third kappa shape index (κ3) is 3.64. The van der Waals surface area contributed by atoms with Gasteiger partial charge in [-0.1, -0.05) is 16.7 Å². The normalized spacial score (nSPS) is 22.7. The van der Waals surface area contributed by atoms with Crippen LogP contribution < -0.4 is 4.74 Å². The minimum Gasteiger partial charge on any atom is -0.470 e. The zero-order chi connectivity index (χ0) is 21.5. The molecule has 3 heterocycles. The number of hydrogen-bond donors (Lipinski definition) is 0. The molecule has 9 nitrogen and oxygen atoms in total. The summed E-state index contributed by atoms with van der Waals surface area (Å²) >= 11 is 6.15. The van der Waals surface area contributed by atoms with Gasteiger partial charge in [0.05, 0.1) is 30.1 Å². The molecule has 0 radical (unpaired) electrons. The van der Waals surface area contributed by atoms with Crippen molar-refractivity contribution in [3.63, 3.8) is 0 Å². The number of methoxy groups -OCH3 is 1. The van der Waals surface area contributed by atoms with Gasteiger partial charge in [0.15, 0.2) is 0 Å². The number of ether oxygens (including phenoxy) is 2. The Bertz CT molecular complexity index is 1040. The minimum atomic E-state index is -0.977. The highest BCUT2D eigenvalue weighted by Gasteiger charge is 2.45. The van der Waals surface area contributed by atoms with Crippen LogP contribution in [-0.4, -0.2) is 53.2 Å². The third-order valence-electron chi connectivity index (χ3n) is 5.85. The Morgan fingerprint density at radius 3 is 2.80 bits per heavy atom. The van der Waals surface area contributed by atoms with Gasteiger partial charge in [-0.3, -0.25) is 4.79 Å². The molecule has 1 saturated heterocycles. The van der Waals surface area contributed by atoms with Gasteiger partial charge in [-0.05, 0) is 49.2 Å². The molecule has 2 aromatic rings. The number of aromatic nitrogens is 2. The van der Waals surface area contributed by atoms with Crippen molar-refractivity contribution in [3.05, 3.63) is 39.6 Å². The van der Waals surface area contributed by atoms with Crippen molar-refractivity contribution in [2.45, 2.75) is 44.4 Å². The molecule has 1 aliphatic heterocycles. The molecule has 2 aliphatic rings. The second kappa shape index (κ2) is 7.91. The molecular formula is C20H23ClN6O3. The second-order valence-electron chi connectivity index (χ2n) is 8.09. The zero-order valence-electron chi connectivity index (χ0n) is 17.1. The first kappa shape index (κ1) is 20.7. The maximum absolute atomic E-state index is 12.3. The Hall–Kier alpha value is -2.61. The smallest absolute Gasteiger partial charge is 0.226 e.